The Morgan fingerprint density at radius 3 is 2.75 bits per heavy atom. The largest absolute Gasteiger partial charge is 0.491 e. The van der Waals surface area contributed by atoms with Gasteiger partial charge in [0.1, 0.15) is 0 Å². The Labute approximate surface area is 96.1 Å². The van der Waals surface area contributed by atoms with Crippen molar-refractivity contribution in [2.45, 2.75) is 39.2 Å². The van der Waals surface area contributed by atoms with Crippen molar-refractivity contribution >= 4 is 0 Å². The number of aliphatic hydroxyl groups excluding tert-OH is 1. The van der Waals surface area contributed by atoms with Crippen molar-refractivity contribution in [2.75, 3.05) is 6.61 Å². The summed E-state index contributed by atoms with van der Waals surface area (Å²) in [7, 11) is 0. The maximum Gasteiger partial charge on any atom is 0.165 e. The fraction of sp³-hybridized carbons (Fsp3) is 0.538. The second-order valence-electron chi connectivity index (χ2n) is 3.92. The van der Waals surface area contributed by atoms with Crippen molar-refractivity contribution in [3.05, 3.63) is 29.6 Å². The van der Waals surface area contributed by atoms with Gasteiger partial charge in [0.05, 0.1) is 12.7 Å². The number of ether oxygens (including phenoxy) is 1. The number of aliphatic hydroxyl groups is 1. The molecule has 0 aliphatic carbocycles. The predicted molar refractivity (Wildman–Crippen MR) is 62.1 cm³/mol. The molecule has 1 N–H and O–H groups in total. The molecule has 1 atom stereocenters. The van der Waals surface area contributed by atoms with E-state index in [0.29, 0.717) is 12.2 Å². The predicted octanol–water partition coefficient (Wildman–Crippen LogP) is 3.45. The van der Waals surface area contributed by atoms with Crippen molar-refractivity contribution < 1.29 is 14.2 Å². The van der Waals surface area contributed by atoms with Gasteiger partial charge in [-0.15, -0.1) is 0 Å². The molecule has 1 unspecified atom stereocenters. The van der Waals surface area contributed by atoms with E-state index < -0.39 is 6.10 Å². The Morgan fingerprint density at radius 1 is 1.38 bits per heavy atom. The van der Waals surface area contributed by atoms with Crippen LogP contribution < -0.4 is 4.74 Å². The molecule has 0 aliphatic heterocycles. The first-order valence-electron chi connectivity index (χ1n) is 5.75. The molecule has 3 heteroatoms. The van der Waals surface area contributed by atoms with Crippen molar-refractivity contribution in [1.29, 1.82) is 0 Å². The van der Waals surface area contributed by atoms with Crippen molar-refractivity contribution in [3.63, 3.8) is 0 Å². The number of unbranched alkanes of at least 4 members (excludes halogenated alkanes) is 2. The Balaban J connectivity index is 2.60. The van der Waals surface area contributed by atoms with E-state index in [1.54, 1.807) is 19.1 Å². The van der Waals surface area contributed by atoms with E-state index in [2.05, 4.69) is 6.92 Å². The van der Waals surface area contributed by atoms with Gasteiger partial charge in [-0.05, 0) is 31.0 Å². The van der Waals surface area contributed by atoms with E-state index in [-0.39, 0.29) is 11.6 Å². The normalized spacial score (nSPS) is 12.5. The lowest BCUT2D eigenvalue weighted by atomic mass is 10.1. The first kappa shape index (κ1) is 13.0. The number of hydrogen-bond donors (Lipinski definition) is 1. The average Bonchev–Trinajstić information content (AvgIpc) is 2.26. The molecule has 0 saturated carbocycles. The molecular formula is C13H19FO2. The Bertz CT molecular complexity index is 324. The van der Waals surface area contributed by atoms with Gasteiger partial charge in [-0.25, -0.2) is 4.39 Å². The molecule has 0 heterocycles. The van der Waals surface area contributed by atoms with E-state index in [4.69, 9.17) is 4.74 Å². The topological polar surface area (TPSA) is 29.5 Å². The van der Waals surface area contributed by atoms with E-state index in [1.807, 2.05) is 0 Å². The lowest BCUT2D eigenvalue weighted by molar-refractivity contribution is 0.198. The fourth-order valence-corrected chi connectivity index (χ4v) is 1.42. The molecule has 1 aromatic rings. The third kappa shape index (κ3) is 3.81. The summed E-state index contributed by atoms with van der Waals surface area (Å²) in [6.07, 6.45) is 2.52. The highest BCUT2D eigenvalue weighted by Gasteiger charge is 2.07. The number of halogens is 1. The van der Waals surface area contributed by atoms with E-state index in [1.165, 1.54) is 6.07 Å². The summed E-state index contributed by atoms with van der Waals surface area (Å²) in [5, 5.41) is 9.37. The highest BCUT2D eigenvalue weighted by atomic mass is 19.1. The highest BCUT2D eigenvalue weighted by Crippen LogP contribution is 2.22. The molecule has 0 spiro atoms. The van der Waals surface area contributed by atoms with Crippen LogP contribution in [0.25, 0.3) is 0 Å². The summed E-state index contributed by atoms with van der Waals surface area (Å²) in [5.41, 5.74) is 0.673. The minimum Gasteiger partial charge on any atom is -0.491 e. The van der Waals surface area contributed by atoms with Gasteiger partial charge in [0, 0.05) is 0 Å². The van der Waals surface area contributed by atoms with E-state index in [9.17, 15) is 9.50 Å². The zero-order valence-corrected chi connectivity index (χ0v) is 9.87. The van der Waals surface area contributed by atoms with Crippen LogP contribution in [0.1, 0.15) is 44.8 Å². The van der Waals surface area contributed by atoms with Crippen molar-refractivity contribution in [1.82, 2.24) is 0 Å². The van der Waals surface area contributed by atoms with E-state index >= 15 is 0 Å². The summed E-state index contributed by atoms with van der Waals surface area (Å²) in [6, 6.07) is 4.46. The van der Waals surface area contributed by atoms with Crippen LogP contribution in [0.5, 0.6) is 5.75 Å². The first-order valence-corrected chi connectivity index (χ1v) is 5.75. The van der Waals surface area contributed by atoms with E-state index in [0.717, 1.165) is 19.3 Å². The van der Waals surface area contributed by atoms with Crippen LogP contribution in [-0.2, 0) is 0 Å². The summed E-state index contributed by atoms with van der Waals surface area (Å²) < 4.78 is 18.7. The minimum atomic E-state index is -0.599. The van der Waals surface area contributed by atoms with Crippen LogP contribution in [-0.4, -0.2) is 11.7 Å². The summed E-state index contributed by atoms with van der Waals surface area (Å²) >= 11 is 0. The molecule has 0 amide bonds. The van der Waals surface area contributed by atoms with Crippen molar-refractivity contribution in [2.24, 2.45) is 0 Å². The molecule has 90 valence electrons. The number of rotatable bonds is 6. The maximum absolute atomic E-state index is 13.3. The molecule has 0 fully saturated rings. The number of hydrogen-bond acceptors (Lipinski definition) is 2. The fourth-order valence-electron chi connectivity index (χ4n) is 1.42. The van der Waals surface area contributed by atoms with Crippen LogP contribution in [0.4, 0.5) is 4.39 Å². The molecule has 2 nitrogen and oxygen atoms in total. The molecule has 16 heavy (non-hydrogen) atoms. The number of benzene rings is 1. The van der Waals surface area contributed by atoms with Crippen molar-refractivity contribution in [3.8, 4) is 5.75 Å². The molecule has 0 radical (unpaired) electrons. The lowest BCUT2D eigenvalue weighted by Gasteiger charge is -2.10. The monoisotopic (exact) mass is 226 g/mol. The van der Waals surface area contributed by atoms with Crippen LogP contribution in [0, 0.1) is 5.82 Å². The smallest absolute Gasteiger partial charge is 0.165 e. The molecule has 0 aromatic heterocycles. The first-order chi connectivity index (χ1) is 7.65. The zero-order chi connectivity index (χ0) is 12.0. The molecular weight excluding hydrogens is 207 g/mol. The molecule has 0 saturated heterocycles. The van der Waals surface area contributed by atoms with Gasteiger partial charge < -0.3 is 9.84 Å². The SMILES string of the molecule is CCCCCOc1cc(C(C)O)ccc1F. The van der Waals surface area contributed by atoms with Gasteiger partial charge in [0.25, 0.3) is 0 Å². The zero-order valence-electron chi connectivity index (χ0n) is 9.87. The van der Waals surface area contributed by atoms with Gasteiger partial charge in [-0.2, -0.15) is 0 Å². The van der Waals surface area contributed by atoms with Gasteiger partial charge >= 0.3 is 0 Å². The standard InChI is InChI=1S/C13H19FO2/c1-3-4-5-8-16-13-9-11(10(2)15)6-7-12(13)14/h6-7,9-10,15H,3-5,8H2,1-2H3. The maximum atomic E-state index is 13.3. The van der Waals surface area contributed by atoms with Crippen LogP contribution >= 0.6 is 0 Å². The van der Waals surface area contributed by atoms with Gasteiger partial charge in [0.2, 0.25) is 0 Å². The van der Waals surface area contributed by atoms with Crippen LogP contribution in [0.15, 0.2) is 18.2 Å². The van der Waals surface area contributed by atoms with Crippen LogP contribution in [0.3, 0.4) is 0 Å². The Morgan fingerprint density at radius 2 is 2.12 bits per heavy atom. The average molecular weight is 226 g/mol. The third-order valence-electron chi connectivity index (χ3n) is 2.44. The second kappa shape index (κ2) is 6.48. The van der Waals surface area contributed by atoms with Gasteiger partial charge in [-0.1, -0.05) is 25.8 Å². The minimum absolute atomic E-state index is 0.231. The summed E-state index contributed by atoms with van der Waals surface area (Å²) in [5.74, 6) is -0.143. The second-order valence-corrected chi connectivity index (χ2v) is 3.92. The Kier molecular flexibility index (Phi) is 5.26. The summed E-state index contributed by atoms with van der Waals surface area (Å²) in [4.78, 5) is 0. The van der Waals surface area contributed by atoms with Crippen LogP contribution in [0.2, 0.25) is 0 Å². The quantitative estimate of drug-likeness (QED) is 0.753. The van der Waals surface area contributed by atoms with Gasteiger partial charge in [0.15, 0.2) is 11.6 Å². The third-order valence-corrected chi connectivity index (χ3v) is 2.44. The summed E-state index contributed by atoms with van der Waals surface area (Å²) in [6.45, 7) is 4.27. The molecule has 0 aliphatic rings. The molecule has 1 aromatic carbocycles. The lowest BCUT2D eigenvalue weighted by Crippen LogP contribution is -2.01. The molecule has 1 rings (SSSR count). The van der Waals surface area contributed by atoms with Gasteiger partial charge in [-0.3, -0.25) is 0 Å². The molecule has 0 bridgehead atoms. The Hall–Kier alpha value is -1.09. The highest BCUT2D eigenvalue weighted by molar-refractivity contribution is 5.31.